The molecule has 0 fully saturated rings. The van der Waals surface area contributed by atoms with Gasteiger partial charge < -0.3 is 10.2 Å². The second kappa shape index (κ2) is 9.89. The van der Waals surface area contributed by atoms with Gasteiger partial charge in [-0.1, -0.05) is 31.5 Å². The van der Waals surface area contributed by atoms with Crippen molar-refractivity contribution in [1.82, 2.24) is 14.9 Å². The second-order valence-corrected chi connectivity index (χ2v) is 8.78. The summed E-state index contributed by atoms with van der Waals surface area (Å²) < 4.78 is 27.7. The molecule has 0 unspecified atom stereocenters. The van der Waals surface area contributed by atoms with Gasteiger partial charge in [0.15, 0.2) is 0 Å². The number of nitrogens with zero attached hydrogens (tertiary/aromatic N) is 1. The highest BCUT2D eigenvalue weighted by atomic mass is 32.2. The van der Waals surface area contributed by atoms with E-state index in [0.29, 0.717) is 13.0 Å². The predicted molar refractivity (Wildman–Crippen MR) is 101 cm³/mol. The lowest BCUT2D eigenvalue weighted by molar-refractivity contribution is -0.123. The molecule has 0 aromatic heterocycles. The zero-order valence-electron chi connectivity index (χ0n) is 15.9. The van der Waals surface area contributed by atoms with Crippen LogP contribution in [0.15, 0.2) is 29.2 Å². The SMILES string of the molecule is Cc1ccc(S(=O)(=O)N[C@@H](CC(C)C)C(=O)NCCCN(C)C)cc1. The first-order valence-electron chi connectivity index (χ1n) is 8.63. The van der Waals surface area contributed by atoms with Crippen molar-refractivity contribution in [2.75, 3.05) is 27.2 Å². The van der Waals surface area contributed by atoms with Gasteiger partial charge in [-0.2, -0.15) is 4.72 Å². The summed E-state index contributed by atoms with van der Waals surface area (Å²) in [6, 6.07) is 5.82. The Morgan fingerprint density at radius 1 is 1.16 bits per heavy atom. The van der Waals surface area contributed by atoms with Gasteiger partial charge in [0.25, 0.3) is 0 Å². The standard InChI is InChI=1S/C18H31N3O3S/c1-14(2)13-17(18(22)19-11-6-12-21(4)5)20-25(23,24)16-9-7-15(3)8-10-16/h7-10,14,17,20H,6,11-13H2,1-5H3,(H,19,22)/t17-/m0/s1. The van der Waals surface area contributed by atoms with Gasteiger partial charge in [0.2, 0.25) is 15.9 Å². The fraction of sp³-hybridized carbons (Fsp3) is 0.611. The van der Waals surface area contributed by atoms with Crippen molar-refractivity contribution in [3.63, 3.8) is 0 Å². The Bertz CT molecular complexity index is 640. The van der Waals surface area contributed by atoms with Crippen LogP contribution in [0.2, 0.25) is 0 Å². The van der Waals surface area contributed by atoms with E-state index in [1.54, 1.807) is 24.3 Å². The average molecular weight is 370 g/mol. The molecule has 0 bridgehead atoms. The molecule has 1 aromatic rings. The molecule has 2 N–H and O–H groups in total. The summed E-state index contributed by atoms with van der Waals surface area (Å²) in [5.41, 5.74) is 0.983. The topological polar surface area (TPSA) is 78.5 Å². The molecule has 0 saturated carbocycles. The maximum absolute atomic E-state index is 12.6. The van der Waals surface area contributed by atoms with Crippen molar-refractivity contribution >= 4 is 15.9 Å². The molecule has 0 saturated heterocycles. The van der Waals surface area contributed by atoms with Crippen LogP contribution >= 0.6 is 0 Å². The number of hydrogen-bond acceptors (Lipinski definition) is 4. The summed E-state index contributed by atoms with van der Waals surface area (Å²) in [5.74, 6) is -0.0821. The second-order valence-electron chi connectivity index (χ2n) is 7.06. The molecule has 1 rings (SSSR count). The summed E-state index contributed by atoms with van der Waals surface area (Å²) in [5, 5.41) is 2.83. The van der Waals surface area contributed by atoms with Gasteiger partial charge in [0.05, 0.1) is 4.90 Å². The number of benzene rings is 1. The summed E-state index contributed by atoms with van der Waals surface area (Å²) in [4.78, 5) is 14.6. The Balaban J connectivity index is 2.77. The Hall–Kier alpha value is -1.44. The maximum Gasteiger partial charge on any atom is 0.241 e. The minimum absolute atomic E-state index is 0.173. The first kappa shape index (κ1) is 21.6. The minimum Gasteiger partial charge on any atom is -0.355 e. The fourth-order valence-electron chi connectivity index (χ4n) is 2.38. The molecule has 142 valence electrons. The van der Waals surface area contributed by atoms with E-state index < -0.39 is 16.1 Å². The van der Waals surface area contributed by atoms with E-state index in [1.165, 1.54) is 0 Å². The summed E-state index contributed by atoms with van der Waals surface area (Å²) >= 11 is 0. The first-order chi connectivity index (χ1) is 11.6. The molecular formula is C18H31N3O3S. The quantitative estimate of drug-likeness (QED) is 0.616. The molecule has 1 atom stereocenters. The highest BCUT2D eigenvalue weighted by Crippen LogP contribution is 2.13. The van der Waals surface area contributed by atoms with E-state index >= 15 is 0 Å². The van der Waals surface area contributed by atoms with Crippen LogP contribution in [-0.2, 0) is 14.8 Å². The van der Waals surface area contributed by atoms with Gasteiger partial charge in [0.1, 0.15) is 6.04 Å². The third-order valence-corrected chi connectivity index (χ3v) is 5.22. The molecule has 0 aliphatic carbocycles. The number of rotatable bonds is 10. The van der Waals surface area contributed by atoms with Crippen LogP contribution in [-0.4, -0.2) is 52.5 Å². The average Bonchev–Trinajstić information content (AvgIpc) is 2.50. The molecular weight excluding hydrogens is 338 g/mol. The highest BCUT2D eigenvalue weighted by Gasteiger charge is 2.26. The third kappa shape index (κ3) is 7.98. The lowest BCUT2D eigenvalue weighted by Gasteiger charge is -2.20. The van der Waals surface area contributed by atoms with Gasteiger partial charge in [-0.25, -0.2) is 8.42 Å². The summed E-state index contributed by atoms with van der Waals surface area (Å²) in [6.07, 6.45) is 1.27. The number of aryl methyl sites for hydroxylation is 1. The van der Waals surface area contributed by atoms with Crippen molar-refractivity contribution in [3.8, 4) is 0 Å². The monoisotopic (exact) mass is 369 g/mol. The van der Waals surface area contributed by atoms with Crippen molar-refractivity contribution in [1.29, 1.82) is 0 Å². The van der Waals surface area contributed by atoms with Crippen molar-refractivity contribution in [2.24, 2.45) is 5.92 Å². The highest BCUT2D eigenvalue weighted by molar-refractivity contribution is 7.89. The maximum atomic E-state index is 12.6. The minimum atomic E-state index is -3.73. The number of hydrogen-bond donors (Lipinski definition) is 2. The predicted octanol–water partition coefficient (Wildman–Crippen LogP) is 1.76. The first-order valence-corrected chi connectivity index (χ1v) is 10.1. The van der Waals surface area contributed by atoms with Gasteiger partial charge in [0, 0.05) is 6.54 Å². The van der Waals surface area contributed by atoms with Crippen molar-refractivity contribution in [3.05, 3.63) is 29.8 Å². The fourth-order valence-corrected chi connectivity index (χ4v) is 3.59. The third-order valence-electron chi connectivity index (χ3n) is 3.73. The van der Waals surface area contributed by atoms with E-state index in [0.717, 1.165) is 18.5 Å². The van der Waals surface area contributed by atoms with Crippen LogP contribution in [0, 0.1) is 12.8 Å². The van der Waals surface area contributed by atoms with E-state index in [9.17, 15) is 13.2 Å². The normalized spacial score (nSPS) is 13.2. The lowest BCUT2D eigenvalue weighted by Crippen LogP contribution is -2.47. The summed E-state index contributed by atoms with van der Waals surface area (Å²) in [6.45, 7) is 7.22. The lowest BCUT2D eigenvalue weighted by atomic mass is 10.0. The number of sulfonamides is 1. The molecule has 1 amide bonds. The van der Waals surface area contributed by atoms with E-state index in [-0.39, 0.29) is 16.7 Å². The number of carbonyl (C=O) groups is 1. The van der Waals surface area contributed by atoms with Crippen LogP contribution in [0.5, 0.6) is 0 Å². The zero-order chi connectivity index (χ0) is 19.0. The van der Waals surface area contributed by atoms with Gasteiger partial charge in [-0.3, -0.25) is 4.79 Å². The molecule has 0 aliphatic rings. The smallest absolute Gasteiger partial charge is 0.241 e. The van der Waals surface area contributed by atoms with E-state index in [4.69, 9.17) is 0 Å². The Morgan fingerprint density at radius 3 is 2.28 bits per heavy atom. The van der Waals surface area contributed by atoms with Crippen LogP contribution in [0.4, 0.5) is 0 Å². The molecule has 1 aromatic carbocycles. The zero-order valence-corrected chi connectivity index (χ0v) is 16.7. The summed E-state index contributed by atoms with van der Waals surface area (Å²) in [7, 11) is 0.213. The van der Waals surface area contributed by atoms with Gasteiger partial charge in [-0.05, 0) is 58.5 Å². The molecule has 0 aliphatic heterocycles. The van der Waals surface area contributed by atoms with Gasteiger partial charge >= 0.3 is 0 Å². The Labute approximate surface area is 152 Å². The van der Waals surface area contributed by atoms with Crippen molar-refractivity contribution < 1.29 is 13.2 Å². The van der Waals surface area contributed by atoms with Crippen LogP contribution in [0.25, 0.3) is 0 Å². The number of amides is 1. The molecule has 0 heterocycles. The molecule has 6 nitrogen and oxygen atoms in total. The van der Waals surface area contributed by atoms with E-state index in [1.807, 2.05) is 39.8 Å². The number of carbonyl (C=O) groups excluding carboxylic acids is 1. The Kier molecular flexibility index (Phi) is 8.55. The molecule has 7 heteroatoms. The van der Waals surface area contributed by atoms with Crippen molar-refractivity contribution in [2.45, 2.75) is 44.6 Å². The van der Waals surface area contributed by atoms with Crippen LogP contribution < -0.4 is 10.0 Å². The number of nitrogens with one attached hydrogen (secondary N) is 2. The Morgan fingerprint density at radius 2 is 1.76 bits per heavy atom. The van der Waals surface area contributed by atoms with Gasteiger partial charge in [-0.15, -0.1) is 0 Å². The largest absolute Gasteiger partial charge is 0.355 e. The van der Waals surface area contributed by atoms with Crippen LogP contribution in [0.3, 0.4) is 0 Å². The molecule has 0 radical (unpaired) electrons. The van der Waals surface area contributed by atoms with E-state index in [2.05, 4.69) is 10.0 Å². The molecule has 25 heavy (non-hydrogen) atoms. The molecule has 0 spiro atoms. The van der Waals surface area contributed by atoms with Crippen LogP contribution in [0.1, 0.15) is 32.3 Å².